The van der Waals surface area contributed by atoms with Crippen LogP contribution in [0.2, 0.25) is 13.3 Å². The van der Waals surface area contributed by atoms with Crippen LogP contribution in [0, 0.1) is 5.82 Å². The van der Waals surface area contributed by atoms with Crippen LogP contribution in [0.25, 0.3) is 22.6 Å². The molecule has 0 aliphatic carbocycles. The Morgan fingerprint density at radius 2 is 1.35 bits per heavy atom. The molecule has 2 aromatic carbocycles. The van der Waals surface area contributed by atoms with Crippen molar-refractivity contribution in [2.45, 2.75) is 79.3 Å². The third-order valence-electron chi connectivity index (χ3n) is 6.90. The van der Waals surface area contributed by atoms with Crippen molar-refractivity contribution in [1.29, 1.82) is 0 Å². The Balaban J connectivity index is 2.34. The molecule has 0 saturated carbocycles. The summed E-state index contributed by atoms with van der Waals surface area (Å²) in [6.07, 6.45) is 7.45. The number of methoxy groups -OCH3 is 1. The first-order valence-corrected chi connectivity index (χ1v) is 20.5. The van der Waals surface area contributed by atoms with Crippen molar-refractivity contribution in [3.8, 4) is 22.6 Å². The van der Waals surface area contributed by atoms with Crippen LogP contribution < -0.4 is 3.71 Å². The molecule has 0 spiro atoms. The average Bonchev–Trinajstić information content (AvgIpc) is 3.25. The first-order chi connectivity index (χ1) is 16.6. The number of halogens is 1. The van der Waals surface area contributed by atoms with Crippen molar-refractivity contribution >= 4 is 22.1 Å². The molecule has 34 heavy (non-hydrogen) atoms. The van der Waals surface area contributed by atoms with Gasteiger partial charge in [-0.15, -0.1) is 0 Å². The number of hydrogen-bond acceptors (Lipinski definition) is 2. The number of hydrogen-bond donors (Lipinski definition) is 0. The molecule has 0 aliphatic heterocycles. The molecule has 0 amide bonds. The van der Waals surface area contributed by atoms with Crippen LogP contribution in [0.5, 0.6) is 0 Å². The normalized spacial score (nSPS) is 11.8. The average molecular weight is 571 g/mol. The SMILES string of the molecule is CCC[CH2][Sn]([CH2]CCC)([CH2]CCC)[c]1c(-c2ccc(F)cc2)nc(-c2ccccc2)n1COC. The van der Waals surface area contributed by atoms with Crippen molar-refractivity contribution in [1.82, 2.24) is 9.55 Å². The second-order valence-corrected chi connectivity index (χ2v) is 22.4. The third kappa shape index (κ3) is 6.31. The summed E-state index contributed by atoms with van der Waals surface area (Å²) >= 11 is -2.94. The van der Waals surface area contributed by atoms with Gasteiger partial charge >= 0.3 is 210 Å². The van der Waals surface area contributed by atoms with E-state index in [2.05, 4.69) is 49.6 Å². The number of aromatic nitrogens is 2. The van der Waals surface area contributed by atoms with Crippen molar-refractivity contribution in [2.75, 3.05) is 7.11 Å². The van der Waals surface area contributed by atoms with Crippen LogP contribution in [-0.2, 0) is 11.5 Å². The molecule has 0 saturated heterocycles. The number of benzene rings is 2. The van der Waals surface area contributed by atoms with E-state index in [1.54, 1.807) is 19.2 Å². The van der Waals surface area contributed by atoms with Crippen LogP contribution in [0.3, 0.4) is 0 Å². The fraction of sp³-hybridized carbons (Fsp3) is 0.483. The summed E-state index contributed by atoms with van der Waals surface area (Å²) < 4.78 is 27.6. The first kappa shape index (κ1) is 26.9. The van der Waals surface area contributed by atoms with Crippen molar-refractivity contribution in [2.24, 2.45) is 0 Å². The zero-order valence-corrected chi connectivity index (χ0v) is 24.3. The Morgan fingerprint density at radius 1 is 0.794 bits per heavy atom. The molecular weight excluding hydrogens is 530 g/mol. The van der Waals surface area contributed by atoms with Crippen molar-refractivity contribution in [3.05, 3.63) is 60.4 Å². The van der Waals surface area contributed by atoms with Gasteiger partial charge in [0.05, 0.1) is 0 Å². The predicted octanol–water partition coefficient (Wildman–Crippen LogP) is 8.02. The van der Waals surface area contributed by atoms with Crippen LogP contribution in [0.15, 0.2) is 54.6 Å². The van der Waals surface area contributed by atoms with E-state index in [1.165, 1.54) is 55.5 Å². The molecule has 1 heterocycles. The quantitative estimate of drug-likeness (QED) is 0.183. The number of rotatable bonds is 14. The standard InChI is InChI=1S/C17H14FN2O.3C4H9.Sn/c1-21-12-20-11-16(13-7-9-15(18)10-8-13)19-17(20)14-5-3-2-4-6-14;3*1-3-4-2;/h2-10H,12H2,1H3;3*1,3-4H2,2H3;. The summed E-state index contributed by atoms with van der Waals surface area (Å²) in [5, 5.41) is 0. The molecule has 3 rings (SSSR count). The number of imidazole rings is 1. The molecule has 0 aliphatic rings. The summed E-state index contributed by atoms with van der Waals surface area (Å²) in [5.74, 6) is 0.768. The maximum atomic E-state index is 13.9. The van der Waals surface area contributed by atoms with Crippen LogP contribution in [0.4, 0.5) is 4.39 Å². The summed E-state index contributed by atoms with van der Waals surface area (Å²) in [6, 6.07) is 17.4. The van der Waals surface area contributed by atoms with Gasteiger partial charge in [0.2, 0.25) is 0 Å². The van der Waals surface area contributed by atoms with E-state index in [-0.39, 0.29) is 5.82 Å². The molecule has 0 atom stereocenters. The van der Waals surface area contributed by atoms with Gasteiger partial charge in [-0.1, -0.05) is 0 Å². The van der Waals surface area contributed by atoms with E-state index in [9.17, 15) is 4.39 Å². The fourth-order valence-corrected chi connectivity index (χ4v) is 22.3. The number of ether oxygens (including phenoxy) is 1. The summed E-state index contributed by atoms with van der Waals surface area (Å²) in [5.41, 5.74) is 3.19. The zero-order chi connectivity index (χ0) is 24.4. The Kier molecular flexibility index (Phi) is 10.6. The summed E-state index contributed by atoms with van der Waals surface area (Å²) in [7, 11) is 1.78. The van der Waals surface area contributed by atoms with Gasteiger partial charge in [0.1, 0.15) is 0 Å². The van der Waals surface area contributed by atoms with Gasteiger partial charge in [-0.25, -0.2) is 0 Å². The minimum absolute atomic E-state index is 0.206. The van der Waals surface area contributed by atoms with Gasteiger partial charge in [0, 0.05) is 0 Å². The van der Waals surface area contributed by atoms with Gasteiger partial charge in [0.15, 0.2) is 0 Å². The van der Waals surface area contributed by atoms with Gasteiger partial charge < -0.3 is 0 Å². The monoisotopic (exact) mass is 572 g/mol. The van der Waals surface area contributed by atoms with Gasteiger partial charge in [-0.05, 0) is 0 Å². The molecule has 5 heteroatoms. The van der Waals surface area contributed by atoms with Gasteiger partial charge in [-0.3, -0.25) is 0 Å². The van der Waals surface area contributed by atoms with E-state index < -0.39 is 18.4 Å². The number of nitrogens with zero attached hydrogens (tertiary/aromatic N) is 2. The van der Waals surface area contributed by atoms with E-state index >= 15 is 0 Å². The summed E-state index contributed by atoms with van der Waals surface area (Å²) in [6.45, 7) is 7.41. The molecule has 1 aromatic heterocycles. The van der Waals surface area contributed by atoms with E-state index in [4.69, 9.17) is 9.72 Å². The van der Waals surface area contributed by atoms with Crippen LogP contribution >= 0.6 is 0 Å². The van der Waals surface area contributed by atoms with Crippen molar-refractivity contribution in [3.63, 3.8) is 0 Å². The molecule has 184 valence electrons. The Labute approximate surface area is 209 Å². The Morgan fingerprint density at radius 3 is 1.85 bits per heavy atom. The minimum atomic E-state index is -2.94. The topological polar surface area (TPSA) is 27.1 Å². The Hall–Kier alpha value is -1.66. The van der Waals surface area contributed by atoms with Gasteiger partial charge in [-0.2, -0.15) is 0 Å². The third-order valence-corrected chi connectivity index (χ3v) is 22.4. The van der Waals surface area contributed by atoms with Crippen LogP contribution in [0.1, 0.15) is 59.3 Å². The predicted molar refractivity (Wildman–Crippen MR) is 145 cm³/mol. The number of unbranched alkanes of at least 4 members (excludes halogenated alkanes) is 3. The zero-order valence-electron chi connectivity index (χ0n) is 21.4. The Bertz CT molecular complexity index is 979. The second-order valence-electron chi connectivity index (χ2n) is 9.44. The first-order valence-electron chi connectivity index (χ1n) is 13.0. The molecule has 0 unspecified atom stereocenters. The second kappa shape index (κ2) is 13.4. The van der Waals surface area contributed by atoms with Crippen LogP contribution in [-0.4, -0.2) is 35.0 Å². The van der Waals surface area contributed by atoms with Gasteiger partial charge in [0.25, 0.3) is 0 Å². The van der Waals surface area contributed by atoms with E-state index in [0.29, 0.717) is 6.73 Å². The summed E-state index contributed by atoms with van der Waals surface area (Å²) in [4.78, 5) is 5.30. The molecule has 0 radical (unpaired) electrons. The molecule has 0 fully saturated rings. The van der Waals surface area contributed by atoms with Crippen molar-refractivity contribution < 1.29 is 9.13 Å². The molecule has 0 bridgehead atoms. The fourth-order valence-electron chi connectivity index (χ4n) is 5.14. The molecule has 3 nitrogen and oxygen atoms in total. The van der Waals surface area contributed by atoms with E-state index in [0.717, 1.165) is 22.6 Å². The van der Waals surface area contributed by atoms with E-state index in [1.807, 2.05) is 18.2 Å². The molecule has 0 N–H and O–H groups in total. The molecule has 3 aromatic rings. The molecular formula is C29H41FN2OSn. The maximum absolute atomic E-state index is 13.9.